The third-order valence-electron chi connectivity index (χ3n) is 5.37. The van der Waals surface area contributed by atoms with Crippen LogP contribution in [0.3, 0.4) is 0 Å². The van der Waals surface area contributed by atoms with Crippen molar-refractivity contribution in [1.82, 2.24) is 9.97 Å². The highest BCUT2D eigenvalue weighted by Crippen LogP contribution is 2.32. The smallest absolute Gasteiger partial charge is 0.223 e. The number of rotatable bonds is 3. The lowest BCUT2D eigenvalue weighted by atomic mass is 9.85. The molecule has 2 aliphatic carbocycles. The third-order valence-corrected chi connectivity index (χ3v) is 5.37. The first-order valence-corrected chi connectivity index (χ1v) is 9.02. The minimum Gasteiger partial charge on any atom is -0.469 e. The number of nitrogens with one attached hydrogen (secondary N) is 1. The van der Waals surface area contributed by atoms with Crippen LogP contribution in [-0.2, 0) is 19.3 Å². The molecule has 1 atom stereocenters. The number of carbonyl (C=O) groups is 1. The van der Waals surface area contributed by atoms with Crippen molar-refractivity contribution >= 4 is 11.7 Å². The van der Waals surface area contributed by atoms with Crippen molar-refractivity contribution in [1.29, 1.82) is 0 Å². The van der Waals surface area contributed by atoms with Crippen LogP contribution in [0.5, 0.6) is 0 Å². The van der Waals surface area contributed by atoms with Crippen LogP contribution in [0, 0.1) is 0 Å². The molecule has 26 heavy (non-hydrogen) atoms. The molecule has 0 radical (unpaired) electrons. The van der Waals surface area contributed by atoms with Crippen LogP contribution >= 0.6 is 0 Å². The second kappa shape index (κ2) is 6.09. The molecule has 130 valence electrons. The first kappa shape index (κ1) is 15.3. The number of furan rings is 1. The van der Waals surface area contributed by atoms with Gasteiger partial charge in [-0.25, -0.2) is 9.97 Å². The summed E-state index contributed by atoms with van der Waals surface area (Å²) >= 11 is 0. The molecule has 5 heteroatoms. The third kappa shape index (κ3) is 2.69. The number of aromatic nitrogens is 2. The fraction of sp³-hybridized carbons (Fsp3) is 0.286. The molecule has 0 aliphatic heterocycles. The van der Waals surface area contributed by atoms with Crippen molar-refractivity contribution in [3.63, 3.8) is 0 Å². The summed E-state index contributed by atoms with van der Waals surface area (Å²) in [6.07, 6.45) is 6.44. The maximum absolute atomic E-state index is 12.5. The first-order valence-electron chi connectivity index (χ1n) is 9.02. The number of hydrogen-bond donors (Lipinski definition) is 1. The molecule has 3 aromatic rings. The molecular formula is C21H19N3O2. The fourth-order valence-electron chi connectivity index (χ4n) is 4.08. The second-order valence-electron chi connectivity index (χ2n) is 7.12. The summed E-state index contributed by atoms with van der Waals surface area (Å²) in [5.74, 6) is 1.61. The highest BCUT2D eigenvalue weighted by atomic mass is 16.3. The van der Waals surface area contributed by atoms with Gasteiger partial charge in [-0.3, -0.25) is 4.79 Å². The largest absolute Gasteiger partial charge is 0.469 e. The summed E-state index contributed by atoms with van der Waals surface area (Å²) in [4.78, 5) is 21.5. The Kier molecular flexibility index (Phi) is 3.59. The fourth-order valence-corrected chi connectivity index (χ4v) is 4.08. The van der Waals surface area contributed by atoms with Gasteiger partial charge < -0.3 is 9.73 Å². The Balaban J connectivity index is 1.36. The number of Topliss-reactive ketones (excluding diaryl/α,β-unsaturated/α-hetero) is 1. The van der Waals surface area contributed by atoms with Gasteiger partial charge in [-0.1, -0.05) is 24.3 Å². The Bertz CT molecular complexity index is 940. The minimum absolute atomic E-state index is 0.0588. The van der Waals surface area contributed by atoms with E-state index in [9.17, 15) is 4.79 Å². The zero-order valence-corrected chi connectivity index (χ0v) is 14.3. The maximum atomic E-state index is 12.5. The molecule has 2 aromatic heterocycles. The zero-order valence-electron chi connectivity index (χ0n) is 14.3. The summed E-state index contributed by atoms with van der Waals surface area (Å²) in [6.45, 7) is 0. The standard InChI is InChI=1S/C21H19N3O2/c25-19-11-15(20-6-3-7-26-20)10-18-17(19)12-22-21(24-18)23-16-8-13-4-1-2-5-14(13)9-16/h1-7,12,15-16H,8-11H2,(H,22,23,24). The van der Waals surface area contributed by atoms with E-state index in [-0.39, 0.29) is 11.7 Å². The number of benzene rings is 1. The molecule has 0 fully saturated rings. The van der Waals surface area contributed by atoms with E-state index < -0.39 is 0 Å². The second-order valence-corrected chi connectivity index (χ2v) is 7.12. The molecule has 1 aromatic carbocycles. The summed E-state index contributed by atoms with van der Waals surface area (Å²) in [6, 6.07) is 12.6. The van der Waals surface area contributed by atoms with Crippen molar-refractivity contribution < 1.29 is 9.21 Å². The molecule has 5 rings (SSSR count). The topological polar surface area (TPSA) is 68.0 Å². The average molecular weight is 345 g/mol. The summed E-state index contributed by atoms with van der Waals surface area (Å²) in [5.41, 5.74) is 4.23. The Morgan fingerprint density at radius 3 is 2.54 bits per heavy atom. The molecule has 2 heterocycles. The number of carbonyl (C=O) groups excluding carboxylic acids is 1. The molecule has 2 aliphatic rings. The van der Waals surface area contributed by atoms with E-state index in [0.29, 0.717) is 30.4 Å². The van der Waals surface area contributed by atoms with Crippen molar-refractivity contribution in [3.05, 3.63) is 77.0 Å². The van der Waals surface area contributed by atoms with Crippen LogP contribution in [0.2, 0.25) is 0 Å². The molecular weight excluding hydrogens is 326 g/mol. The molecule has 0 bridgehead atoms. The van der Waals surface area contributed by atoms with Crippen molar-refractivity contribution in [2.75, 3.05) is 5.32 Å². The van der Waals surface area contributed by atoms with E-state index in [1.54, 1.807) is 12.5 Å². The van der Waals surface area contributed by atoms with Gasteiger partial charge in [0.15, 0.2) is 5.78 Å². The zero-order chi connectivity index (χ0) is 17.5. The lowest BCUT2D eigenvalue weighted by Crippen LogP contribution is -2.24. The van der Waals surface area contributed by atoms with Gasteiger partial charge in [0.1, 0.15) is 5.76 Å². The van der Waals surface area contributed by atoms with Gasteiger partial charge in [-0.05, 0) is 36.1 Å². The van der Waals surface area contributed by atoms with Crippen LogP contribution in [0.25, 0.3) is 0 Å². The maximum Gasteiger partial charge on any atom is 0.223 e. The molecule has 0 saturated heterocycles. The number of anilines is 1. The Morgan fingerprint density at radius 1 is 1.00 bits per heavy atom. The first-order chi connectivity index (χ1) is 12.8. The van der Waals surface area contributed by atoms with Gasteiger partial charge in [0.05, 0.1) is 17.5 Å². The SMILES string of the molecule is O=C1CC(c2ccco2)Cc2nc(NC3Cc4ccccc4C3)ncc21. The van der Waals surface area contributed by atoms with Crippen molar-refractivity contribution in [3.8, 4) is 0 Å². The molecule has 1 unspecified atom stereocenters. The van der Waals surface area contributed by atoms with Crippen LogP contribution in [0.1, 0.15) is 45.3 Å². The van der Waals surface area contributed by atoms with Crippen LogP contribution in [0.4, 0.5) is 5.95 Å². The lowest BCUT2D eigenvalue weighted by molar-refractivity contribution is 0.0958. The van der Waals surface area contributed by atoms with E-state index in [4.69, 9.17) is 4.42 Å². The predicted octanol–water partition coefficient (Wildman–Crippen LogP) is 3.56. The highest BCUT2D eigenvalue weighted by Gasteiger charge is 2.30. The lowest BCUT2D eigenvalue weighted by Gasteiger charge is -2.22. The van der Waals surface area contributed by atoms with Crippen molar-refractivity contribution in [2.45, 2.75) is 37.6 Å². The average Bonchev–Trinajstić information content (AvgIpc) is 3.30. The van der Waals surface area contributed by atoms with E-state index in [0.717, 1.165) is 24.3 Å². The number of hydrogen-bond acceptors (Lipinski definition) is 5. The Morgan fingerprint density at radius 2 is 1.81 bits per heavy atom. The summed E-state index contributed by atoms with van der Waals surface area (Å²) in [5, 5.41) is 3.45. The van der Waals surface area contributed by atoms with Gasteiger partial charge in [0.2, 0.25) is 5.95 Å². The van der Waals surface area contributed by atoms with E-state index >= 15 is 0 Å². The van der Waals surface area contributed by atoms with Crippen LogP contribution < -0.4 is 5.32 Å². The molecule has 0 saturated carbocycles. The number of fused-ring (bicyclic) bond motifs is 2. The predicted molar refractivity (Wildman–Crippen MR) is 97.4 cm³/mol. The normalized spacial score (nSPS) is 19.2. The Labute approximate surface area is 151 Å². The van der Waals surface area contributed by atoms with Gasteiger partial charge >= 0.3 is 0 Å². The number of ketones is 1. The molecule has 0 amide bonds. The minimum atomic E-state index is 0.0588. The van der Waals surface area contributed by atoms with Crippen LogP contribution in [0.15, 0.2) is 53.3 Å². The highest BCUT2D eigenvalue weighted by molar-refractivity contribution is 5.98. The molecule has 1 N–H and O–H groups in total. The van der Waals surface area contributed by atoms with Gasteiger partial charge in [0, 0.05) is 31.0 Å². The van der Waals surface area contributed by atoms with Gasteiger partial charge in [-0.15, -0.1) is 0 Å². The monoisotopic (exact) mass is 345 g/mol. The Hall–Kier alpha value is -2.95. The van der Waals surface area contributed by atoms with E-state index in [2.05, 4.69) is 39.6 Å². The molecule has 5 nitrogen and oxygen atoms in total. The van der Waals surface area contributed by atoms with Crippen LogP contribution in [-0.4, -0.2) is 21.8 Å². The number of nitrogens with zero attached hydrogens (tertiary/aromatic N) is 2. The summed E-state index contributed by atoms with van der Waals surface area (Å²) < 4.78 is 5.50. The van der Waals surface area contributed by atoms with Gasteiger partial charge in [0.25, 0.3) is 0 Å². The van der Waals surface area contributed by atoms with Gasteiger partial charge in [-0.2, -0.15) is 0 Å². The van der Waals surface area contributed by atoms with E-state index in [1.165, 1.54) is 11.1 Å². The van der Waals surface area contributed by atoms with Crippen molar-refractivity contribution in [2.24, 2.45) is 0 Å². The molecule has 0 spiro atoms. The summed E-state index contributed by atoms with van der Waals surface area (Å²) in [7, 11) is 0. The quantitative estimate of drug-likeness (QED) is 0.786. The van der Waals surface area contributed by atoms with E-state index in [1.807, 2.05) is 12.1 Å².